The maximum Gasteiger partial charge on any atom is 0.410 e. The van der Waals surface area contributed by atoms with Crippen molar-refractivity contribution in [3.63, 3.8) is 0 Å². The van der Waals surface area contributed by atoms with E-state index in [-0.39, 0.29) is 31.8 Å². The van der Waals surface area contributed by atoms with Gasteiger partial charge in [0.2, 0.25) is 0 Å². The van der Waals surface area contributed by atoms with Crippen LogP contribution in [0, 0.1) is 0 Å². The summed E-state index contributed by atoms with van der Waals surface area (Å²) in [5, 5.41) is 0. The van der Waals surface area contributed by atoms with Crippen molar-refractivity contribution in [3.05, 3.63) is 35.9 Å². The lowest BCUT2D eigenvalue weighted by Gasteiger charge is -2.22. The fourth-order valence-electron chi connectivity index (χ4n) is 2.23. The molecule has 1 aliphatic heterocycles. The van der Waals surface area contributed by atoms with Gasteiger partial charge in [-0.3, -0.25) is 14.5 Å². The fraction of sp³-hybridized carbons (Fsp3) is 0.400. The van der Waals surface area contributed by atoms with E-state index in [1.165, 1.54) is 12.0 Å². The third-order valence-corrected chi connectivity index (χ3v) is 3.32. The molecule has 2 rings (SSSR count). The van der Waals surface area contributed by atoms with Crippen molar-refractivity contribution in [3.8, 4) is 0 Å². The van der Waals surface area contributed by atoms with Crippen LogP contribution < -0.4 is 0 Å². The van der Waals surface area contributed by atoms with Gasteiger partial charge < -0.3 is 9.47 Å². The zero-order valence-corrected chi connectivity index (χ0v) is 11.8. The predicted molar refractivity (Wildman–Crippen MR) is 73.4 cm³/mol. The van der Waals surface area contributed by atoms with Gasteiger partial charge in [-0.25, -0.2) is 4.79 Å². The SMILES string of the molecule is COC(=O)C[C@@H]1CC(=O)CN1C(=O)OCc1ccccc1. The quantitative estimate of drug-likeness (QED) is 0.787. The Kier molecular flexibility index (Phi) is 4.92. The molecule has 0 bridgehead atoms. The monoisotopic (exact) mass is 291 g/mol. The van der Waals surface area contributed by atoms with Crippen LogP contribution in [0.4, 0.5) is 4.79 Å². The van der Waals surface area contributed by atoms with Crippen LogP contribution in [0.1, 0.15) is 18.4 Å². The Morgan fingerprint density at radius 2 is 2.00 bits per heavy atom. The molecule has 0 spiro atoms. The summed E-state index contributed by atoms with van der Waals surface area (Å²) in [5.74, 6) is -0.531. The van der Waals surface area contributed by atoms with Crippen LogP contribution in [0.15, 0.2) is 30.3 Å². The number of likely N-dealkylation sites (tertiary alicyclic amines) is 1. The second-order valence-electron chi connectivity index (χ2n) is 4.84. The molecule has 0 radical (unpaired) electrons. The van der Waals surface area contributed by atoms with E-state index >= 15 is 0 Å². The van der Waals surface area contributed by atoms with Gasteiger partial charge in [-0.15, -0.1) is 0 Å². The highest BCUT2D eigenvalue weighted by molar-refractivity contribution is 5.89. The van der Waals surface area contributed by atoms with Crippen molar-refractivity contribution < 1.29 is 23.9 Å². The summed E-state index contributed by atoms with van der Waals surface area (Å²) in [6.07, 6.45) is -0.420. The molecular weight excluding hydrogens is 274 g/mol. The number of benzene rings is 1. The van der Waals surface area contributed by atoms with Crippen LogP contribution in [0.2, 0.25) is 0 Å². The minimum Gasteiger partial charge on any atom is -0.469 e. The van der Waals surface area contributed by atoms with E-state index in [0.29, 0.717) is 0 Å². The average Bonchev–Trinajstić information content (AvgIpc) is 2.86. The van der Waals surface area contributed by atoms with E-state index in [2.05, 4.69) is 4.74 Å². The van der Waals surface area contributed by atoms with Gasteiger partial charge in [-0.2, -0.15) is 0 Å². The lowest BCUT2D eigenvalue weighted by Crippen LogP contribution is -2.37. The van der Waals surface area contributed by atoms with Crippen molar-refractivity contribution >= 4 is 17.8 Å². The number of amides is 1. The molecule has 1 aromatic rings. The molecule has 1 fully saturated rings. The number of esters is 1. The lowest BCUT2D eigenvalue weighted by molar-refractivity contribution is -0.141. The van der Waals surface area contributed by atoms with Crippen LogP contribution >= 0.6 is 0 Å². The number of hydrogen-bond acceptors (Lipinski definition) is 5. The van der Waals surface area contributed by atoms with Crippen LogP contribution in [-0.4, -0.2) is 42.4 Å². The molecule has 0 aromatic heterocycles. The topological polar surface area (TPSA) is 72.9 Å². The van der Waals surface area contributed by atoms with E-state index in [0.717, 1.165) is 5.56 Å². The van der Waals surface area contributed by atoms with Crippen molar-refractivity contribution in [1.82, 2.24) is 4.90 Å². The molecule has 0 N–H and O–H groups in total. The van der Waals surface area contributed by atoms with Gasteiger partial charge in [-0.05, 0) is 5.56 Å². The van der Waals surface area contributed by atoms with Gasteiger partial charge >= 0.3 is 12.1 Å². The molecule has 6 heteroatoms. The minimum absolute atomic E-state index is 0.00266. The Morgan fingerprint density at radius 1 is 1.29 bits per heavy atom. The number of ketones is 1. The Labute approximate surface area is 122 Å². The first-order valence-electron chi connectivity index (χ1n) is 6.66. The highest BCUT2D eigenvalue weighted by atomic mass is 16.6. The zero-order chi connectivity index (χ0) is 15.2. The molecule has 6 nitrogen and oxygen atoms in total. The first kappa shape index (κ1) is 15.0. The first-order chi connectivity index (χ1) is 10.1. The summed E-state index contributed by atoms with van der Waals surface area (Å²) in [6, 6.07) is 8.78. The minimum atomic E-state index is -0.585. The number of rotatable bonds is 4. The molecule has 1 amide bonds. The number of ether oxygens (including phenoxy) is 2. The zero-order valence-electron chi connectivity index (χ0n) is 11.8. The normalized spacial score (nSPS) is 17.7. The summed E-state index contributed by atoms with van der Waals surface area (Å²) in [7, 11) is 1.27. The molecule has 0 saturated carbocycles. The Balaban J connectivity index is 1.93. The molecule has 1 aromatic carbocycles. The van der Waals surface area contributed by atoms with E-state index in [1.54, 1.807) is 0 Å². The molecule has 0 unspecified atom stereocenters. The maximum absolute atomic E-state index is 12.0. The third-order valence-electron chi connectivity index (χ3n) is 3.32. The van der Waals surface area contributed by atoms with E-state index in [4.69, 9.17) is 4.74 Å². The van der Waals surface area contributed by atoms with Gasteiger partial charge in [0.1, 0.15) is 6.61 Å². The summed E-state index contributed by atoms with van der Waals surface area (Å²) in [5.41, 5.74) is 0.862. The second-order valence-corrected chi connectivity index (χ2v) is 4.84. The summed E-state index contributed by atoms with van der Waals surface area (Å²) >= 11 is 0. The molecule has 112 valence electrons. The molecule has 1 aliphatic rings. The number of carbonyl (C=O) groups is 3. The number of methoxy groups -OCH3 is 1. The molecule has 21 heavy (non-hydrogen) atoms. The van der Waals surface area contributed by atoms with Crippen molar-refractivity contribution in [2.24, 2.45) is 0 Å². The summed E-state index contributed by atoms with van der Waals surface area (Å²) in [6.45, 7) is 0.116. The predicted octanol–water partition coefficient (Wildman–Crippen LogP) is 1.53. The van der Waals surface area contributed by atoms with Crippen LogP contribution in [0.5, 0.6) is 0 Å². The third kappa shape index (κ3) is 4.05. The molecular formula is C15H17NO5. The summed E-state index contributed by atoms with van der Waals surface area (Å²) in [4.78, 5) is 36.2. The van der Waals surface area contributed by atoms with Gasteiger partial charge in [0.25, 0.3) is 0 Å². The van der Waals surface area contributed by atoms with Crippen molar-refractivity contribution in [2.75, 3.05) is 13.7 Å². The molecule has 1 saturated heterocycles. The molecule has 0 aliphatic carbocycles. The highest BCUT2D eigenvalue weighted by Gasteiger charge is 2.36. The Bertz CT molecular complexity index is 528. The van der Waals surface area contributed by atoms with Gasteiger partial charge in [-0.1, -0.05) is 30.3 Å². The van der Waals surface area contributed by atoms with E-state index in [9.17, 15) is 14.4 Å². The lowest BCUT2D eigenvalue weighted by atomic mass is 10.1. The standard InChI is InChI=1S/C15H17NO5/c1-20-14(18)8-12-7-13(17)9-16(12)15(19)21-10-11-5-3-2-4-6-11/h2-6,12H,7-10H2,1H3/t12-/m0/s1. The number of hydrogen-bond donors (Lipinski definition) is 0. The number of carbonyl (C=O) groups excluding carboxylic acids is 3. The Morgan fingerprint density at radius 3 is 2.67 bits per heavy atom. The second kappa shape index (κ2) is 6.88. The van der Waals surface area contributed by atoms with Gasteiger partial charge in [0.05, 0.1) is 26.1 Å². The van der Waals surface area contributed by atoms with Crippen molar-refractivity contribution in [2.45, 2.75) is 25.5 Å². The number of nitrogens with zero attached hydrogens (tertiary/aromatic N) is 1. The highest BCUT2D eigenvalue weighted by Crippen LogP contribution is 2.19. The molecule has 1 atom stereocenters. The van der Waals surface area contributed by atoms with Crippen molar-refractivity contribution in [1.29, 1.82) is 0 Å². The van der Waals surface area contributed by atoms with Crippen LogP contribution in [0.3, 0.4) is 0 Å². The largest absolute Gasteiger partial charge is 0.469 e. The van der Waals surface area contributed by atoms with E-state index < -0.39 is 18.1 Å². The first-order valence-corrected chi connectivity index (χ1v) is 6.66. The van der Waals surface area contributed by atoms with Gasteiger partial charge in [0, 0.05) is 6.42 Å². The van der Waals surface area contributed by atoms with E-state index in [1.807, 2.05) is 30.3 Å². The maximum atomic E-state index is 12.0. The number of Topliss-reactive ketones (excluding diaryl/α,β-unsaturated/α-hetero) is 1. The van der Waals surface area contributed by atoms with Crippen LogP contribution in [-0.2, 0) is 25.7 Å². The Hall–Kier alpha value is -2.37. The summed E-state index contributed by atoms with van der Waals surface area (Å²) < 4.78 is 9.76. The van der Waals surface area contributed by atoms with Gasteiger partial charge in [0.15, 0.2) is 5.78 Å². The molecule has 1 heterocycles. The average molecular weight is 291 g/mol. The van der Waals surface area contributed by atoms with Crippen LogP contribution in [0.25, 0.3) is 0 Å². The smallest absolute Gasteiger partial charge is 0.410 e. The fourth-order valence-corrected chi connectivity index (χ4v) is 2.23.